The topological polar surface area (TPSA) is 101 Å². The molecule has 2 aromatic carbocycles. The average Bonchev–Trinajstić information content (AvgIpc) is 2.88. The maximum absolute atomic E-state index is 13.8. The van der Waals surface area contributed by atoms with Gasteiger partial charge in [-0.05, 0) is 42.3 Å². The number of anilines is 6. The van der Waals surface area contributed by atoms with Gasteiger partial charge in [-0.2, -0.15) is 18.2 Å². The molecule has 37 heavy (non-hydrogen) atoms. The van der Waals surface area contributed by atoms with Crippen LogP contribution in [0.15, 0.2) is 48.7 Å². The van der Waals surface area contributed by atoms with Crippen LogP contribution >= 0.6 is 0 Å². The number of carbonyl (C=O) groups is 1. The number of hydrogen-bond acceptors (Lipinski definition) is 8. The van der Waals surface area contributed by atoms with E-state index in [4.69, 9.17) is 9.47 Å². The third-order valence-electron chi connectivity index (χ3n) is 6.15. The highest BCUT2D eigenvalue weighted by atomic mass is 19.4. The molecule has 1 fully saturated rings. The lowest BCUT2D eigenvalue weighted by atomic mass is 10.0. The van der Waals surface area contributed by atoms with Crippen LogP contribution in [0.1, 0.15) is 17.5 Å². The van der Waals surface area contributed by atoms with E-state index in [-0.39, 0.29) is 24.0 Å². The number of alkyl halides is 3. The van der Waals surface area contributed by atoms with Crippen LogP contribution in [0.25, 0.3) is 0 Å². The van der Waals surface area contributed by atoms with Gasteiger partial charge in [-0.15, -0.1) is 0 Å². The van der Waals surface area contributed by atoms with E-state index < -0.39 is 11.7 Å². The van der Waals surface area contributed by atoms with Crippen molar-refractivity contribution in [2.75, 3.05) is 47.7 Å². The molecule has 12 heteroatoms. The lowest BCUT2D eigenvalue weighted by Gasteiger charge is -2.34. The summed E-state index contributed by atoms with van der Waals surface area (Å²) in [6, 6.07) is 12.4. The molecule has 3 aromatic rings. The number of aromatic nitrogens is 2. The molecule has 1 atom stereocenters. The molecule has 0 radical (unpaired) electrons. The zero-order valence-electron chi connectivity index (χ0n) is 19.9. The van der Waals surface area contributed by atoms with E-state index in [0.717, 1.165) is 17.4 Å². The normalized spacial score (nSPS) is 17.7. The Morgan fingerprint density at radius 2 is 2.00 bits per heavy atom. The molecule has 9 nitrogen and oxygen atoms in total. The third kappa shape index (κ3) is 5.59. The van der Waals surface area contributed by atoms with Crippen LogP contribution in [0.4, 0.5) is 47.7 Å². The Bertz CT molecular complexity index is 1300. The molecule has 5 rings (SSSR count). The number of methoxy groups -OCH3 is 1. The summed E-state index contributed by atoms with van der Waals surface area (Å²) in [6.07, 6.45) is -3.47. The molecule has 1 amide bonds. The van der Waals surface area contributed by atoms with Crippen molar-refractivity contribution in [3.05, 3.63) is 59.8 Å². The first kappa shape index (κ1) is 24.8. The number of benzene rings is 2. The summed E-state index contributed by atoms with van der Waals surface area (Å²) in [5, 5.41) is 8.61. The van der Waals surface area contributed by atoms with Crippen molar-refractivity contribution in [1.29, 1.82) is 0 Å². The van der Waals surface area contributed by atoms with Gasteiger partial charge >= 0.3 is 6.18 Å². The number of aryl methyl sites for hydroxylation is 1. The van der Waals surface area contributed by atoms with Crippen LogP contribution in [0.3, 0.4) is 0 Å². The smallest absolute Gasteiger partial charge is 0.362 e. The van der Waals surface area contributed by atoms with E-state index in [1.54, 1.807) is 31.4 Å². The molecule has 194 valence electrons. The maximum atomic E-state index is 13.8. The minimum Gasteiger partial charge on any atom is -0.362 e. The number of nitrogens with zero attached hydrogens (tertiary/aromatic N) is 3. The highest BCUT2D eigenvalue weighted by molar-refractivity contribution is 5.94. The van der Waals surface area contributed by atoms with Crippen LogP contribution in [0, 0.1) is 0 Å². The average molecular weight is 515 g/mol. The number of halogens is 3. The summed E-state index contributed by atoms with van der Waals surface area (Å²) in [5.41, 5.74) is 2.37. The van der Waals surface area contributed by atoms with Crippen molar-refractivity contribution in [3.63, 3.8) is 0 Å². The second-order valence-corrected chi connectivity index (χ2v) is 8.62. The Morgan fingerprint density at radius 3 is 2.81 bits per heavy atom. The Morgan fingerprint density at radius 1 is 1.16 bits per heavy atom. The fourth-order valence-electron chi connectivity index (χ4n) is 4.30. The first-order chi connectivity index (χ1) is 17.8. The monoisotopic (exact) mass is 514 g/mol. The molecule has 0 spiro atoms. The summed E-state index contributed by atoms with van der Waals surface area (Å²) >= 11 is 0. The van der Waals surface area contributed by atoms with Crippen molar-refractivity contribution < 1.29 is 27.4 Å². The summed E-state index contributed by atoms with van der Waals surface area (Å²) in [4.78, 5) is 21.8. The minimum absolute atomic E-state index is 0.00437. The van der Waals surface area contributed by atoms with Crippen LogP contribution in [-0.4, -0.2) is 49.0 Å². The first-order valence-electron chi connectivity index (χ1n) is 11.7. The van der Waals surface area contributed by atoms with Crippen molar-refractivity contribution in [2.45, 2.75) is 25.3 Å². The second-order valence-electron chi connectivity index (χ2n) is 8.62. The SMILES string of the molecule is COC1CN(c2ccccc2Nc2ncc(C(F)(F)F)c(Nc3ccc4c(c3)CCC(=O)N4)n2)CCO1. The Kier molecular flexibility index (Phi) is 6.85. The van der Waals surface area contributed by atoms with E-state index in [2.05, 4.69) is 30.8 Å². The van der Waals surface area contributed by atoms with Crippen LogP contribution in [-0.2, 0) is 26.9 Å². The van der Waals surface area contributed by atoms with Gasteiger partial charge < -0.3 is 30.3 Å². The summed E-state index contributed by atoms with van der Waals surface area (Å²) in [7, 11) is 1.57. The largest absolute Gasteiger partial charge is 0.421 e. The van der Waals surface area contributed by atoms with Crippen molar-refractivity contribution >= 4 is 40.4 Å². The van der Waals surface area contributed by atoms with Gasteiger partial charge in [0.05, 0.1) is 24.5 Å². The molecular formula is C25H25F3N6O3. The summed E-state index contributed by atoms with van der Waals surface area (Å²) in [5.74, 6) is -0.466. The molecule has 2 aliphatic heterocycles. The number of nitrogens with one attached hydrogen (secondary N) is 3. The third-order valence-corrected chi connectivity index (χ3v) is 6.15. The van der Waals surface area contributed by atoms with Crippen molar-refractivity contribution in [3.8, 4) is 0 Å². The molecule has 2 aliphatic rings. The number of carbonyl (C=O) groups excluding carboxylic acids is 1. The number of morpholine rings is 1. The molecule has 3 N–H and O–H groups in total. The molecule has 0 saturated carbocycles. The Balaban J connectivity index is 1.43. The molecule has 1 aromatic heterocycles. The van der Waals surface area contributed by atoms with E-state index in [1.165, 1.54) is 0 Å². The van der Waals surface area contributed by atoms with E-state index in [1.807, 2.05) is 18.2 Å². The van der Waals surface area contributed by atoms with Crippen LogP contribution in [0.2, 0.25) is 0 Å². The van der Waals surface area contributed by atoms with Gasteiger partial charge in [-0.25, -0.2) is 4.98 Å². The fraction of sp³-hybridized carbons (Fsp3) is 0.320. The zero-order chi connectivity index (χ0) is 26.0. The van der Waals surface area contributed by atoms with Gasteiger partial charge in [0.25, 0.3) is 0 Å². The van der Waals surface area contributed by atoms with Crippen molar-refractivity contribution in [1.82, 2.24) is 9.97 Å². The van der Waals surface area contributed by atoms with Gasteiger partial charge in [-0.3, -0.25) is 4.79 Å². The van der Waals surface area contributed by atoms with E-state index in [0.29, 0.717) is 49.6 Å². The lowest BCUT2D eigenvalue weighted by molar-refractivity contribution is -0.137. The number of fused-ring (bicyclic) bond motifs is 1. The first-order valence-corrected chi connectivity index (χ1v) is 11.7. The predicted molar refractivity (Wildman–Crippen MR) is 132 cm³/mol. The maximum Gasteiger partial charge on any atom is 0.421 e. The van der Waals surface area contributed by atoms with Gasteiger partial charge in [0.15, 0.2) is 6.29 Å². The van der Waals surface area contributed by atoms with E-state index in [9.17, 15) is 18.0 Å². The van der Waals surface area contributed by atoms with Gasteiger partial charge in [0.2, 0.25) is 11.9 Å². The van der Waals surface area contributed by atoms with Crippen LogP contribution < -0.4 is 20.9 Å². The number of para-hydroxylation sites is 2. The molecular weight excluding hydrogens is 489 g/mol. The number of hydrogen-bond donors (Lipinski definition) is 3. The Labute approximate surface area is 211 Å². The molecule has 0 bridgehead atoms. The molecule has 1 unspecified atom stereocenters. The molecule has 1 saturated heterocycles. The highest BCUT2D eigenvalue weighted by Crippen LogP contribution is 2.37. The number of amides is 1. The quantitative estimate of drug-likeness (QED) is 0.436. The predicted octanol–water partition coefficient (Wildman–Crippen LogP) is 4.68. The summed E-state index contributed by atoms with van der Waals surface area (Å²) < 4.78 is 52.2. The number of ether oxygens (including phenoxy) is 2. The highest BCUT2D eigenvalue weighted by Gasteiger charge is 2.35. The second kappa shape index (κ2) is 10.2. The fourth-order valence-corrected chi connectivity index (χ4v) is 4.30. The van der Waals surface area contributed by atoms with Crippen LogP contribution in [0.5, 0.6) is 0 Å². The Hall–Kier alpha value is -3.90. The van der Waals surface area contributed by atoms with E-state index >= 15 is 0 Å². The lowest BCUT2D eigenvalue weighted by Crippen LogP contribution is -2.43. The molecule has 3 heterocycles. The van der Waals surface area contributed by atoms with Gasteiger partial charge in [0, 0.05) is 37.6 Å². The van der Waals surface area contributed by atoms with Gasteiger partial charge in [-0.1, -0.05) is 12.1 Å². The summed E-state index contributed by atoms with van der Waals surface area (Å²) in [6.45, 7) is 1.59. The number of rotatable bonds is 6. The standard InChI is InChI=1S/C25H25F3N6O3/c1-36-22-14-34(10-11-37-22)20-5-3-2-4-19(20)32-24-29-13-17(25(26,27)28)23(33-24)30-16-7-8-18-15(12-16)6-9-21(35)31-18/h2-5,7-8,12-13,22H,6,9-11,14H2,1H3,(H,31,35)(H2,29,30,32,33). The van der Waals surface area contributed by atoms with Crippen molar-refractivity contribution in [2.24, 2.45) is 0 Å². The van der Waals surface area contributed by atoms with Gasteiger partial charge in [0.1, 0.15) is 11.4 Å². The minimum atomic E-state index is -4.66. The zero-order valence-corrected chi connectivity index (χ0v) is 19.9. The molecule has 0 aliphatic carbocycles.